The number of halogens is 1. The molecule has 34 heavy (non-hydrogen) atoms. The topological polar surface area (TPSA) is 59.3 Å². The van der Waals surface area contributed by atoms with Gasteiger partial charge in [0.05, 0.1) is 18.8 Å². The Hall–Kier alpha value is -2.48. The zero-order valence-corrected chi connectivity index (χ0v) is 20.2. The lowest BCUT2D eigenvalue weighted by Crippen LogP contribution is -2.62. The lowest BCUT2D eigenvalue weighted by molar-refractivity contribution is 0.0581. The summed E-state index contributed by atoms with van der Waals surface area (Å²) in [6, 6.07) is 10.9. The third-order valence-electron chi connectivity index (χ3n) is 8.18. The molecule has 7 nitrogen and oxygen atoms in total. The molecule has 2 saturated heterocycles. The Labute approximate surface area is 204 Å². The van der Waals surface area contributed by atoms with E-state index in [4.69, 9.17) is 26.5 Å². The van der Waals surface area contributed by atoms with Crippen molar-refractivity contribution in [3.05, 3.63) is 64.3 Å². The summed E-state index contributed by atoms with van der Waals surface area (Å²) < 4.78 is 8.02. The van der Waals surface area contributed by atoms with Crippen molar-refractivity contribution in [3.8, 4) is 5.69 Å². The first-order valence-electron chi connectivity index (χ1n) is 12.3. The monoisotopic (exact) mass is 476 g/mol. The number of aryl methyl sites for hydroxylation is 1. The minimum absolute atomic E-state index is 0.392. The summed E-state index contributed by atoms with van der Waals surface area (Å²) in [5.74, 6) is 3.69. The second-order valence-corrected chi connectivity index (χ2v) is 11.1. The Balaban J connectivity index is 1.14. The van der Waals surface area contributed by atoms with Gasteiger partial charge in [-0.1, -0.05) is 11.6 Å². The molecular weight excluding hydrogens is 448 g/mol. The van der Waals surface area contributed by atoms with Gasteiger partial charge in [0.25, 0.3) is 0 Å². The van der Waals surface area contributed by atoms with E-state index in [0.717, 1.165) is 81.1 Å². The van der Waals surface area contributed by atoms with Crippen LogP contribution >= 0.6 is 11.6 Å². The van der Waals surface area contributed by atoms with Crippen LogP contribution in [0, 0.1) is 12.3 Å². The molecule has 3 aliphatic heterocycles. The Kier molecular flexibility index (Phi) is 4.76. The number of fused-ring (bicyclic) bond motifs is 3. The van der Waals surface area contributed by atoms with E-state index in [-0.39, 0.29) is 0 Å². The summed E-state index contributed by atoms with van der Waals surface area (Å²) in [5, 5.41) is 10.2. The summed E-state index contributed by atoms with van der Waals surface area (Å²) in [5.41, 5.74) is 4.08. The number of ether oxygens (including phenoxy) is 1. The maximum absolute atomic E-state index is 6.42. The highest BCUT2D eigenvalue weighted by molar-refractivity contribution is 6.30. The van der Waals surface area contributed by atoms with Crippen LogP contribution in [0.4, 0.5) is 5.82 Å². The Bertz CT molecular complexity index is 1240. The fraction of sp³-hybridized carbons (Fsp3) is 0.500. The Morgan fingerprint density at radius 1 is 1.09 bits per heavy atom. The summed E-state index contributed by atoms with van der Waals surface area (Å²) in [4.78, 5) is 9.47. The van der Waals surface area contributed by atoms with Gasteiger partial charge in [-0.25, -0.2) is 4.98 Å². The number of pyridine rings is 1. The molecule has 1 spiro atoms. The first-order valence-corrected chi connectivity index (χ1v) is 12.7. The lowest BCUT2D eigenvalue weighted by Gasteiger charge is -2.59. The first kappa shape index (κ1) is 20.9. The van der Waals surface area contributed by atoms with E-state index >= 15 is 0 Å². The van der Waals surface area contributed by atoms with E-state index in [1.54, 1.807) is 0 Å². The fourth-order valence-electron chi connectivity index (χ4n) is 6.43. The molecule has 3 aromatic rings. The molecule has 3 fully saturated rings. The number of nitrogens with zero attached hydrogens (tertiary/aromatic N) is 6. The number of anilines is 1. The van der Waals surface area contributed by atoms with Crippen LogP contribution in [0.5, 0.6) is 0 Å². The molecule has 0 bridgehead atoms. The quantitative estimate of drug-likeness (QED) is 0.567. The van der Waals surface area contributed by atoms with Crippen molar-refractivity contribution in [2.75, 3.05) is 31.2 Å². The lowest BCUT2D eigenvalue weighted by atomic mass is 9.57. The average Bonchev–Trinajstić information content (AvgIpc) is 3.40. The highest BCUT2D eigenvalue weighted by Gasteiger charge is 2.54. The fourth-order valence-corrected chi connectivity index (χ4v) is 6.62. The Morgan fingerprint density at radius 2 is 1.97 bits per heavy atom. The number of rotatable bonds is 3. The van der Waals surface area contributed by atoms with Gasteiger partial charge in [-0.3, -0.25) is 9.47 Å². The molecule has 7 rings (SSSR count). The van der Waals surface area contributed by atoms with Gasteiger partial charge in [-0.05, 0) is 67.6 Å². The molecule has 0 unspecified atom stereocenters. The normalized spacial score (nSPS) is 23.8. The molecule has 1 aromatic carbocycles. The minimum Gasteiger partial charge on any atom is -0.380 e. The maximum Gasteiger partial charge on any atom is 0.151 e. The number of benzene rings is 1. The van der Waals surface area contributed by atoms with Crippen LogP contribution in [0.15, 0.2) is 36.5 Å². The Morgan fingerprint density at radius 3 is 2.76 bits per heavy atom. The van der Waals surface area contributed by atoms with Crippen LogP contribution in [0.25, 0.3) is 5.69 Å². The highest BCUT2D eigenvalue weighted by Crippen LogP contribution is 2.56. The first-order chi connectivity index (χ1) is 16.6. The van der Waals surface area contributed by atoms with Crippen LogP contribution in [0.1, 0.15) is 48.0 Å². The van der Waals surface area contributed by atoms with Gasteiger partial charge in [0.1, 0.15) is 11.6 Å². The average molecular weight is 477 g/mol. The summed E-state index contributed by atoms with van der Waals surface area (Å²) in [7, 11) is 0. The van der Waals surface area contributed by atoms with Crippen LogP contribution in [0.3, 0.4) is 0 Å². The molecule has 1 aliphatic carbocycles. The molecule has 0 N–H and O–H groups in total. The van der Waals surface area contributed by atoms with E-state index in [1.807, 2.05) is 12.3 Å². The molecule has 5 heterocycles. The van der Waals surface area contributed by atoms with E-state index in [9.17, 15) is 0 Å². The van der Waals surface area contributed by atoms with Crippen molar-refractivity contribution in [1.29, 1.82) is 0 Å². The summed E-state index contributed by atoms with van der Waals surface area (Å²) in [6.07, 6.45) is 5.30. The van der Waals surface area contributed by atoms with E-state index in [1.165, 1.54) is 16.8 Å². The number of aromatic nitrogens is 4. The minimum atomic E-state index is 0.392. The summed E-state index contributed by atoms with van der Waals surface area (Å²) >= 11 is 6.42. The maximum atomic E-state index is 6.42. The highest BCUT2D eigenvalue weighted by atomic mass is 35.5. The van der Waals surface area contributed by atoms with Crippen molar-refractivity contribution in [2.24, 2.45) is 5.41 Å². The van der Waals surface area contributed by atoms with E-state index in [2.05, 4.69) is 50.5 Å². The number of hydrogen-bond acceptors (Lipinski definition) is 6. The van der Waals surface area contributed by atoms with E-state index in [0.29, 0.717) is 17.4 Å². The van der Waals surface area contributed by atoms with Crippen LogP contribution in [-0.2, 0) is 17.8 Å². The predicted octanol–water partition coefficient (Wildman–Crippen LogP) is 4.11. The largest absolute Gasteiger partial charge is 0.380 e. The van der Waals surface area contributed by atoms with Crippen molar-refractivity contribution in [2.45, 2.75) is 51.2 Å². The SMILES string of the molecule is Cc1ccnc(N2CC3(CC(c4nnc5n4-c4ccc(Cl)cc4CN([C@@H]4CCOC4)C5)C3)C2)c1. The van der Waals surface area contributed by atoms with Gasteiger partial charge in [0.15, 0.2) is 5.82 Å². The van der Waals surface area contributed by atoms with Crippen molar-refractivity contribution < 1.29 is 4.74 Å². The molecule has 1 atom stereocenters. The van der Waals surface area contributed by atoms with Gasteiger partial charge in [-0.2, -0.15) is 0 Å². The molecule has 2 aromatic heterocycles. The van der Waals surface area contributed by atoms with Crippen LogP contribution in [0.2, 0.25) is 5.02 Å². The summed E-state index contributed by atoms with van der Waals surface area (Å²) in [6.45, 7) is 7.57. The van der Waals surface area contributed by atoms with Gasteiger partial charge >= 0.3 is 0 Å². The van der Waals surface area contributed by atoms with Crippen molar-refractivity contribution in [1.82, 2.24) is 24.6 Å². The molecule has 0 amide bonds. The molecule has 1 saturated carbocycles. The van der Waals surface area contributed by atoms with Gasteiger partial charge in [0.2, 0.25) is 0 Å². The molecule has 0 radical (unpaired) electrons. The number of hydrogen-bond donors (Lipinski definition) is 0. The van der Waals surface area contributed by atoms with Crippen molar-refractivity contribution >= 4 is 17.4 Å². The zero-order valence-electron chi connectivity index (χ0n) is 19.5. The third-order valence-corrected chi connectivity index (χ3v) is 8.41. The predicted molar refractivity (Wildman–Crippen MR) is 130 cm³/mol. The molecule has 176 valence electrons. The van der Waals surface area contributed by atoms with Crippen molar-refractivity contribution in [3.63, 3.8) is 0 Å². The second-order valence-electron chi connectivity index (χ2n) is 10.7. The van der Waals surface area contributed by atoms with Gasteiger partial charge in [-0.15, -0.1) is 10.2 Å². The van der Waals surface area contributed by atoms with Crippen LogP contribution < -0.4 is 4.90 Å². The van der Waals surface area contributed by atoms with Crippen LogP contribution in [-0.4, -0.2) is 57.0 Å². The zero-order chi connectivity index (χ0) is 22.9. The standard InChI is InChI=1S/C26H29ClN6O/c1-17-4-6-28-23(8-17)32-15-26(16-32)10-19(11-26)25-30-29-24-13-31(21-5-7-34-14-21)12-18-9-20(27)2-3-22(18)33(24)25/h2-4,6,8-9,19,21H,5,7,10-16H2,1H3/t21-/m1/s1. The second kappa shape index (κ2) is 7.77. The van der Waals surface area contributed by atoms with E-state index < -0.39 is 0 Å². The molecular formula is C26H29ClN6O. The third kappa shape index (κ3) is 3.36. The van der Waals surface area contributed by atoms with Gasteiger partial charge < -0.3 is 9.64 Å². The molecule has 4 aliphatic rings. The smallest absolute Gasteiger partial charge is 0.151 e. The molecule has 8 heteroatoms. The van der Waals surface area contributed by atoms with Gasteiger partial charge in [0, 0.05) is 54.8 Å².